The van der Waals surface area contributed by atoms with Gasteiger partial charge in [-0.05, 0) is 97.2 Å². The third-order valence-electron chi connectivity index (χ3n) is 11.4. The van der Waals surface area contributed by atoms with Crippen LogP contribution in [0.1, 0.15) is 92.1 Å². The number of halogens is 2. The van der Waals surface area contributed by atoms with Gasteiger partial charge in [0.05, 0.1) is 41.2 Å². The van der Waals surface area contributed by atoms with E-state index in [-0.39, 0.29) is 41.8 Å². The van der Waals surface area contributed by atoms with E-state index >= 15 is 8.78 Å². The molecule has 2 aliphatic rings. The van der Waals surface area contributed by atoms with Gasteiger partial charge in [-0.25, -0.2) is 8.78 Å². The average molecular weight is 764 g/mol. The Bertz CT molecular complexity index is 2340. The first-order valence-corrected chi connectivity index (χ1v) is 20.2. The third kappa shape index (κ3) is 8.64. The number of benzene rings is 3. The zero-order valence-corrected chi connectivity index (χ0v) is 33.6. The van der Waals surface area contributed by atoms with Crippen molar-refractivity contribution < 1.29 is 18.6 Å². The Hall–Kier alpha value is -5.11. The molecule has 3 heterocycles. The number of nitrogens with two attached hydrogens (primary N) is 1. The summed E-state index contributed by atoms with van der Waals surface area (Å²) in [6.07, 6.45) is 8.75. The number of aryl methyl sites for hydroxylation is 1. The molecule has 296 valence electrons. The highest BCUT2D eigenvalue weighted by atomic mass is 19.1. The Morgan fingerprint density at radius 1 is 1.14 bits per heavy atom. The van der Waals surface area contributed by atoms with Gasteiger partial charge in [-0.2, -0.15) is 15.2 Å². The van der Waals surface area contributed by atoms with Crippen LogP contribution in [0.5, 0.6) is 11.8 Å². The van der Waals surface area contributed by atoms with Crippen LogP contribution in [-0.4, -0.2) is 59.2 Å². The van der Waals surface area contributed by atoms with Crippen LogP contribution in [0.3, 0.4) is 0 Å². The largest absolute Gasteiger partial charge is 0.508 e. The highest BCUT2D eigenvalue weighted by Gasteiger charge is 2.30. The molecule has 4 atom stereocenters. The van der Waals surface area contributed by atoms with Crippen molar-refractivity contribution >= 4 is 39.3 Å². The number of hydrogen-bond acceptors (Lipinski definition) is 9. The Balaban J connectivity index is 1.63. The standard InChI is InChI=1S/C45H55F2N7O2/c1-7-10-11-15-45(6,23-30(46)8-2)26-56-44-52-39-22-36(35-21-33(55)19-29-13-14-38(47)34(9-3)40(29)35)42-37(18-27(4)28(5)51-42)41(39)43(53-44)54-17-12-16-50-32(25-54)20-31(49)24-48/h13-14,18-22,27-28,30,55H,7-12,15-17,23,25-26,49H2,1-6H3/b31-20-. The van der Waals surface area contributed by atoms with Crippen LogP contribution in [0.25, 0.3) is 38.9 Å². The second-order valence-electron chi connectivity index (χ2n) is 15.9. The fourth-order valence-corrected chi connectivity index (χ4v) is 8.10. The molecule has 56 heavy (non-hydrogen) atoms. The quantitative estimate of drug-likeness (QED) is 0.0974. The van der Waals surface area contributed by atoms with Gasteiger partial charge in [0.25, 0.3) is 0 Å². The molecule has 0 spiro atoms. The summed E-state index contributed by atoms with van der Waals surface area (Å²) in [5.74, 6) is 0.457. The van der Waals surface area contributed by atoms with Crippen LogP contribution in [0.4, 0.5) is 14.6 Å². The van der Waals surface area contributed by atoms with E-state index in [1.807, 2.05) is 26.0 Å². The van der Waals surface area contributed by atoms with Crippen LogP contribution in [-0.2, 0) is 6.42 Å². The maximum Gasteiger partial charge on any atom is 0.318 e. The number of phenols is 1. The number of fused-ring (bicyclic) bond motifs is 4. The van der Waals surface area contributed by atoms with Crippen LogP contribution >= 0.6 is 0 Å². The number of aromatic nitrogens is 2. The van der Waals surface area contributed by atoms with Crippen LogP contribution in [0.2, 0.25) is 0 Å². The molecule has 0 fully saturated rings. The predicted octanol–water partition coefficient (Wildman–Crippen LogP) is 8.42. The summed E-state index contributed by atoms with van der Waals surface area (Å²) in [4.78, 5) is 22.3. The van der Waals surface area contributed by atoms with Crippen molar-refractivity contribution in [1.82, 2.24) is 9.97 Å². The van der Waals surface area contributed by atoms with Gasteiger partial charge in [0.15, 0.2) is 0 Å². The number of hydrogen-bond donors (Lipinski definition) is 2. The van der Waals surface area contributed by atoms with E-state index in [0.29, 0.717) is 77.8 Å². The number of anilines is 1. The molecular weight excluding hydrogens is 709 g/mol. The molecule has 2 aliphatic heterocycles. The van der Waals surface area contributed by atoms with Gasteiger partial charge in [0, 0.05) is 29.3 Å². The lowest BCUT2D eigenvalue weighted by Crippen LogP contribution is -2.38. The van der Waals surface area contributed by atoms with Crippen molar-refractivity contribution in [2.24, 2.45) is 27.1 Å². The molecule has 3 aromatic carbocycles. The van der Waals surface area contributed by atoms with Gasteiger partial charge in [0.1, 0.15) is 35.3 Å². The first kappa shape index (κ1) is 40.6. The molecule has 4 unspecified atom stereocenters. The number of aliphatic imine (C=N–C) groups is 1. The van der Waals surface area contributed by atoms with Crippen LogP contribution < -0.4 is 25.9 Å². The van der Waals surface area contributed by atoms with E-state index in [4.69, 9.17) is 30.4 Å². The van der Waals surface area contributed by atoms with Crippen LogP contribution in [0, 0.1) is 28.5 Å². The molecule has 0 saturated carbocycles. The number of ether oxygens (including phenoxy) is 1. The average Bonchev–Trinajstić information content (AvgIpc) is 3.42. The number of unbranched alkanes of at least 4 members (excludes halogenated alkanes) is 2. The topological polar surface area (TPSA) is 133 Å². The summed E-state index contributed by atoms with van der Waals surface area (Å²) in [5.41, 5.74) is 8.79. The molecule has 1 aromatic heterocycles. The number of alkyl halides is 1. The summed E-state index contributed by atoms with van der Waals surface area (Å²) in [6, 6.07) is 10.6. The Morgan fingerprint density at radius 3 is 2.68 bits per heavy atom. The van der Waals surface area contributed by atoms with E-state index < -0.39 is 11.6 Å². The van der Waals surface area contributed by atoms with Crippen molar-refractivity contribution in [3.8, 4) is 29.0 Å². The van der Waals surface area contributed by atoms with Gasteiger partial charge >= 0.3 is 6.01 Å². The monoisotopic (exact) mass is 763 g/mol. The minimum Gasteiger partial charge on any atom is -0.508 e. The highest BCUT2D eigenvalue weighted by molar-refractivity contribution is 6.04. The zero-order chi connectivity index (χ0) is 40.1. The van der Waals surface area contributed by atoms with Gasteiger partial charge in [-0.3, -0.25) is 9.98 Å². The normalized spacial score (nSPS) is 18.9. The highest BCUT2D eigenvalue weighted by Crippen LogP contribution is 2.38. The molecule has 4 aromatic rings. The van der Waals surface area contributed by atoms with Gasteiger partial charge in [-0.1, -0.05) is 66.0 Å². The summed E-state index contributed by atoms with van der Waals surface area (Å²) >= 11 is 0. The fraction of sp³-hybridized carbons (Fsp3) is 0.489. The molecule has 3 N–H and O–H groups in total. The molecule has 0 saturated heterocycles. The van der Waals surface area contributed by atoms with E-state index in [1.165, 1.54) is 6.07 Å². The van der Waals surface area contributed by atoms with Gasteiger partial charge in [0.2, 0.25) is 0 Å². The number of phenolic OH excluding ortho intramolecular Hbond substituents is 1. The summed E-state index contributed by atoms with van der Waals surface area (Å²) in [6.45, 7) is 14.0. The Labute approximate surface area is 328 Å². The molecule has 6 rings (SSSR count). The van der Waals surface area contributed by atoms with Gasteiger partial charge < -0.3 is 20.5 Å². The third-order valence-corrected chi connectivity index (χ3v) is 11.4. The smallest absolute Gasteiger partial charge is 0.318 e. The van der Waals surface area contributed by atoms with Crippen molar-refractivity contribution in [1.29, 1.82) is 5.26 Å². The lowest BCUT2D eigenvalue weighted by atomic mass is 9.80. The first-order valence-electron chi connectivity index (χ1n) is 20.2. The van der Waals surface area contributed by atoms with Crippen molar-refractivity contribution in [2.45, 2.75) is 105 Å². The number of allylic oxidation sites excluding steroid dienone is 1. The minimum atomic E-state index is -0.949. The SMILES string of the molecule is CCCCCC(C)(COc1nc(N2CCCN=C(/C=C(\N)C#N)C2)c2c3c(c(-c4cc(O)cc5ccc(F)c(CC)c45)cc2n1)=NC(C)C(C)C=3)CC(F)CC. The summed E-state index contributed by atoms with van der Waals surface area (Å²) in [7, 11) is 0. The molecule has 0 radical (unpaired) electrons. The molecule has 0 bridgehead atoms. The second-order valence-corrected chi connectivity index (χ2v) is 15.9. The Morgan fingerprint density at radius 2 is 1.95 bits per heavy atom. The number of nitriles is 1. The number of rotatable bonds is 14. The van der Waals surface area contributed by atoms with Gasteiger partial charge in [-0.15, -0.1) is 0 Å². The Kier molecular flexibility index (Phi) is 12.6. The van der Waals surface area contributed by atoms with Crippen molar-refractivity contribution in [2.75, 3.05) is 31.1 Å². The lowest BCUT2D eigenvalue weighted by molar-refractivity contribution is 0.0948. The van der Waals surface area contributed by atoms with E-state index in [0.717, 1.165) is 53.7 Å². The lowest BCUT2D eigenvalue weighted by Gasteiger charge is -2.31. The van der Waals surface area contributed by atoms with E-state index in [9.17, 15) is 10.4 Å². The van der Waals surface area contributed by atoms with Crippen molar-refractivity contribution in [3.63, 3.8) is 0 Å². The summed E-state index contributed by atoms with van der Waals surface area (Å²) in [5, 5.41) is 24.3. The maximum atomic E-state index is 15.5. The second kappa shape index (κ2) is 17.4. The number of nitrogens with zero attached hydrogens (tertiary/aromatic N) is 6. The molecule has 11 heteroatoms. The minimum absolute atomic E-state index is 0.0551. The molecule has 0 amide bonds. The van der Waals surface area contributed by atoms with E-state index in [2.05, 4.69) is 38.7 Å². The van der Waals surface area contributed by atoms with E-state index in [1.54, 1.807) is 24.3 Å². The molecule has 0 aliphatic carbocycles. The maximum absolute atomic E-state index is 15.5. The fourth-order valence-electron chi connectivity index (χ4n) is 8.10. The molecular formula is C45H55F2N7O2. The van der Waals surface area contributed by atoms with Crippen molar-refractivity contribution in [3.05, 3.63) is 64.1 Å². The molecule has 9 nitrogen and oxygen atoms in total. The van der Waals surface area contributed by atoms with Crippen LogP contribution in [0.15, 0.2) is 52.1 Å². The summed E-state index contributed by atoms with van der Waals surface area (Å²) < 4.78 is 37.1. The first-order chi connectivity index (χ1) is 26.9. The predicted molar refractivity (Wildman–Crippen MR) is 222 cm³/mol. The zero-order valence-electron chi connectivity index (χ0n) is 33.6. The number of aromatic hydroxyl groups is 1.